The van der Waals surface area contributed by atoms with Crippen molar-refractivity contribution < 1.29 is 9.18 Å². The molecule has 1 amide bonds. The number of hydrogen-bond acceptors (Lipinski definition) is 3. The van der Waals surface area contributed by atoms with Crippen molar-refractivity contribution in [2.24, 2.45) is 5.92 Å². The molecule has 2 saturated carbocycles. The monoisotopic (exact) mass is 297 g/mol. The zero-order chi connectivity index (χ0) is 15.1. The first kappa shape index (κ1) is 13.4. The maximum Gasteiger partial charge on any atom is 0.228 e. The van der Waals surface area contributed by atoms with Crippen LogP contribution in [0.1, 0.15) is 42.5 Å². The number of benzene rings is 1. The van der Waals surface area contributed by atoms with E-state index in [0.29, 0.717) is 11.6 Å². The summed E-state index contributed by atoms with van der Waals surface area (Å²) in [5, 5.41) is 2.86. The summed E-state index contributed by atoms with van der Waals surface area (Å²) in [5.74, 6) is 1.25. The van der Waals surface area contributed by atoms with Crippen molar-refractivity contribution in [3.63, 3.8) is 0 Å². The van der Waals surface area contributed by atoms with E-state index in [4.69, 9.17) is 0 Å². The van der Waals surface area contributed by atoms with E-state index in [9.17, 15) is 9.18 Å². The van der Waals surface area contributed by atoms with Crippen LogP contribution < -0.4 is 5.32 Å². The van der Waals surface area contributed by atoms with Gasteiger partial charge >= 0.3 is 0 Å². The Bertz CT molecular complexity index is 695. The maximum absolute atomic E-state index is 12.9. The Balaban J connectivity index is 1.37. The third-order valence-electron chi connectivity index (χ3n) is 4.31. The van der Waals surface area contributed by atoms with Gasteiger partial charge in [-0.05, 0) is 42.9 Å². The Labute approximate surface area is 127 Å². The number of carbonyl (C=O) groups excluding carboxylic acids is 1. The van der Waals surface area contributed by atoms with Crippen molar-refractivity contribution in [3.05, 3.63) is 53.9 Å². The molecule has 22 heavy (non-hydrogen) atoms. The van der Waals surface area contributed by atoms with E-state index in [2.05, 4.69) is 15.3 Å². The minimum absolute atomic E-state index is 0.0166. The van der Waals surface area contributed by atoms with Crippen molar-refractivity contribution in [3.8, 4) is 0 Å². The van der Waals surface area contributed by atoms with Crippen molar-refractivity contribution in [1.82, 2.24) is 9.97 Å². The fraction of sp³-hybridized carbons (Fsp3) is 0.353. The quantitative estimate of drug-likeness (QED) is 0.942. The molecule has 2 atom stereocenters. The van der Waals surface area contributed by atoms with Gasteiger partial charge in [-0.25, -0.2) is 14.4 Å². The van der Waals surface area contributed by atoms with Crippen LogP contribution in [0.15, 0.2) is 36.7 Å². The Morgan fingerprint density at radius 2 is 1.82 bits per heavy atom. The molecule has 0 saturated heterocycles. The fourth-order valence-corrected chi connectivity index (χ4v) is 2.75. The average Bonchev–Trinajstić information content (AvgIpc) is 3.41. The Morgan fingerprint density at radius 3 is 2.45 bits per heavy atom. The summed E-state index contributed by atoms with van der Waals surface area (Å²) < 4.78 is 12.9. The molecule has 2 aliphatic carbocycles. The van der Waals surface area contributed by atoms with Crippen molar-refractivity contribution >= 4 is 11.6 Å². The summed E-state index contributed by atoms with van der Waals surface area (Å²) in [4.78, 5) is 20.8. The van der Waals surface area contributed by atoms with E-state index in [1.54, 1.807) is 24.5 Å². The van der Waals surface area contributed by atoms with E-state index >= 15 is 0 Å². The predicted molar refractivity (Wildman–Crippen MR) is 79.9 cm³/mol. The van der Waals surface area contributed by atoms with Gasteiger partial charge in [0.05, 0.1) is 18.1 Å². The molecule has 0 spiro atoms. The van der Waals surface area contributed by atoms with Crippen LogP contribution in [0.5, 0.6) is 0 Å². The normalized spacial score (nSPS) is 23.1. The lowest BCUT2D eigenvalue weighted by molar-refractivity contribution is -0.117. The van der Waals surface area contributed by atoms with Gasteiger partial charge in [0, 0.05) is 11.8 Å². The standard InChI is InChI=1S/C17H16FN3O/c18-12-5-3-10(4-6-12)14-7-15(14)17(22)21-13-8-19-16(20-9-13)11-1-2-11/h3-6,8-9,11,14-15H,1-2,7H2,(H,21,22)/t14-,15+/m0/s1. The molecule has 2 aromatic rings. The minimum atomic E-state index is -0.252. The first-order valence-corrected chi connectivity index (χ1v) is 7.59. The number of aromatic nitrogens is 2. The number of anilines is 1. The maximum atomic E-state index is 12.9. The zero-order valence-corrected chi connectivity index (χ0v) is 12.0. The fourth-order valence-electron chi connectivity index (χ4n) is 2.75. The van der Waals surface area contributed by atoms with Gasteiger partial charge < -0.3 is 5.32 Å². The van der Waals surface area contributed by atoms with Gasteiger partial charge in [-0.3, -0.25) is 4.79 Å². The molecule has 1 aromatic carbocycles. The molecule has 0 bridgehead atoms. The van der Waals surface area contributed by atoms with E-state index in [1.165, 1.54) is 12.1 Å². The lowest BCUT2D eigenvalue weighted by Gasteiger charge is -2.05. The molecule has 2 aliphatic rings. The molecule has 1 N–H and O–H groups in total. The van der Waals surface area contributed by atoms with Crippen molar-refractivity contribution in [2.75, 3.05) is 5.32 Å². The van der Waals surface area contributed by atoms with Gasteiger partial charge in [-0.1, -0.05) is 12.1 Å². The molecule has 1 heterocycles. The van der Waals surface area contributed by atoms with Crippen LogP contribution in [0.25, 0.3) is 0 Å². The molecule has 0 aliphatic heterocycles. The summed E-state index contributed by atoms with van der Waals surface area (Å²) in [6, 6.07) is 6.38. The van der Waals surface area contributed by atoms with E-state index in [0.717, 1.165) is 30.7 Å². The molecule has 2 fully saturated rings. The van der Waals surface area contributed by atoms with Crippen molar-refractivity contribution in [1.29, 1.82) is 0 Å². The van der Waals surface area contributed by atoms with Crippen LogP contribution >= 0.6 is 0 Å². The van der Waals surface area contributed by atoms with E-state index < -0.39 is 0 Å². The highest BCUT2D eigenvalue weighted by Crippen LogP contribution is 2.48. The van der Waals surface area contributed by atoms with Gasteiger partial charge in [0.25, 0.3) is 0 Å². The summed E-state index contributed by atoms with van der Waals surface area (Å²) >= 11 is 0. The second-order valence-electron chi connectivity index (χ2n) is 6.09. The third-order valence-corrected chi connectivity index (χ3v) is 4.31. The number of nitrogens with one attached hydrogen (secondary N) is 1. The average molecular weight is 297 g/mol. The van der Waals surface area contributed by atoms with E-state index in [-0.39, 0.29) is 23.6 Å². The number of rotatable bonds is 4. The molecular formula is C17H16FN3O. The largest absolute Gasteiger partial charge is 0.323 e. The molecule has 4 nitrogen and oxygen atoms in total. The predicted octanol–water partition coefficient (Wildman–Crippen LogP) is 3.24. The molecular weight excluding hydrogens is 281 g/mol. The van der Waals surface area contributed by atoms with Gasteiger partial charge in [0.15, 0.2) is 0 Å². The number of halogens is 1. The lowest BCUT2D eigenvalue weighted by Crippen LogP contribution is -2.15. The summed E-state index contributed by atoms with van der Waals surface area (Å²) in [6.45, 7) is 0. The second-order valence-corrected chi connectivity index (χ2v) is 6.09. The molecule has 4 rings (SSSR count). The van der Waals surface area contributed by atoms with E-state index in [1.807, 2.05) is 0 Å². The number of amides is 1. The van der Waals surface area contributed by atoms with Crippen LogP contribution in [-0.2, 0) is 4.79 Å². The van der Waals surface area contributed by atoms with Gasteiger partial charge in [0.1, 0.15) is 11.6 Å². The number of carbonyl (C=O) groups is 1. The summed E-state index contributed by atoms with van der Waals surface area (Å²) in [5.41, 5.74) is 1.65. The van der Waals surface area contributed by atoms with Crippen LogP contribution in [0.4, 0.5) is 10.1 Å². The van der Waals surface area contributed by atoms with Crippen LogP contribution in [0.2, 0.25) is 0 Å². The molecule has 0 unspecified atom stereocenters. The topological polar surface area (TPSA) is 54.9 Å². The smallest absolute Gasteiger partial charge is 0.228 e. The molecule has 1 aromatic heterocycles. The molecule has 0 radical (unpaired) electrons. The number of nitrogens with zero attached hydrogens (tertiary/aromatic N) is 2. The minimum Gasteiger partial charge on any atom is -0.323 e. The third kappa shape index (κ3) is 2.71. The Kier molecular flexibility index (Phi) is 3.13. The SMILES string of the molecule is O=C(Nc1cnc(C2CC2)nc1)[C@@H]1C[C@H]1c1ccc(F)cc1. The van der Waals surface area contributed by atoms with Crippen LogP contribution in [0, 0.1) is 11.7 Å². The second kappa shape index (κ2) is 5.16. The highest BCUT2D eigenvalue weighted by molar-refractivity contribution is 5.94. The van der Waals surface area contributed by atoms with Crippen molar-refractivity contribution in [2.45, 2.75) is 31.1 Å². The summed E-state index contributed by atoms with van der Waals surface area (Å²) in [6.07, 6.45) is 6.47. The van der Waals surface area contributed by atoms with Crippen LogP contribution in [0.3, 0.4) is 0 Å². The summed E-state index contributed by atoms with van der Waals surface area (Å²) in [7, 11) is 0. The van der Waals surface area contributed by atoms with Gasteiger partial charge in [-0.2, -0.15) is 0 Å². The highest BCUT2D eigenvalue weighted by Gasteiger charge is 2.43. The Hall–Kier alpha value is -2.30. The molecule has 5 heteroatoms. The molecule has 112 valence electrons. The Morgan fingerprint density at radius 1 is 1.14 bits per heavy atom. The van der Waals surface area contributed by atoms with Gasteiger partial charge in [-0.15, -0.1) is 0 Å². The first-order chi connectivity index (χ1) is 10.7. The number of hydrogen-bond donors (Lipinski definition) is 1. The lowest BCUT2D eigenvalue weighted by atomic mass is 10.1. The zero-order valence-electron chi connectivity index (χ0n) is 12.0. The first-order valence-electron chi connectivity index (χ1n) is 7.59. The highest BCUT2D eigenvalue weighted by atomic mass is 19.1. The van der Waals surface area contributed by atoms with Gasteiger partial charge in [0.2, 0.25) is 5.91 Å². The van der Waals surface area contributed by atoms with Crippen LogP contribution in [-0.4, -0.2) is 15.9 Å².